The maximum atomic E-state index is 12.2. The normalized spacial score (nSPS) is 11.1. The van der Waals surface area contributed by atoms with Crippen LogP contribution < -0.4 is 9.62 Å². The maximum absolute atomic E-state index is 12.2. The quantitative estimate of drug-likeness (QED) is 0.874. The minimum absolute atomic E-state index is 0.172. The van der Waals surface area contributed by atoms with Crippen molar-refractivity contribution in [3.63, 3.8) is 0 Å². The largest absolute Gasteiger partial charge is 0.352 e. The lowest BCUT2D eigenvalue weighted by atomic mass is 10.1. The monoisotopic (exact) mass is 346 g/mol. The highest BCUT2D eigenvalue weighted by atomic mass is 32.2. The van der Waals surface area contributed by atoms with E-state index in [2.05, 4.69) is 5.32 Å². The zero-order valence-corrected chi connectivity index (χ0v) is 14.9. The van der Waals surface area contributed by atoms with Gasteiger partial charge in [-0.25, -0.2) is 8.42 Å². The summed E-state index contributed by atoms with van der Waals surface area (Å²) in [6.45, 7) is 4.60. The van der Waals surface area contributed by atoms with Gasteiger partial charge in [-0.3, -0.25) is 9.10 Å². The third-order valence-electron chi connectivity index (χ3n) is 3.73. The number of nitrogens with zero attached hydrogens (tertiary/aromatic N) is 1. The van der Waals surface area contributed by atoms with Crippen LogP contribution >= 0.6 is 0 Å². The van der Waals surface area contributed by atoms with E-state index in [1.165, 1.54) is 10.6 Å². The molecule has 2 aromatic rings. The average Bonchev–Trinajstić information content (AvgIpc) is 2.53. The average molecular weight is 346 g/mol. The Balaban J connectivity index is 2.32. The van der Waals surface area contributed by atoms with Gasteiger partial charge in [0.25, 0.3) is 5.91 Å². The van der Waals surface area contributed by atoms with E-state index < -0.39 is 10.0 Å². The number of aryl methyl sites for hydroxylation is 1. The number of nitrogens with one attached hydrogen (secondary N) is 1. The molecule has 1 amide bonds. The molecule has 0 atom stereocenters. The number of rotatable bonds is 6. The first-order valence-electron chi connectivity index (χ1n) is 7.73. The summed E-state index contributed by atoms with van der Waals surface area (Å²) in [5.41, 5.74) is 3.01. The summed E-state index contributed by atoms with van der Waals surface area (Å²) < 4.78 is 25.8. The molecule has 128 valence electrons. The lowest BCUT2D eigenvalue weighted by Gasteiger charge is -2.23. The molecule has 5 nitrogen and oxygen atoms in total. The van der Waals surface area contributed by atoms with Crippen LogP contribution in [0.2, 0.25) is 0 Å². The molecule has 1 N–H and O–H groups in total. The first kappa shape index (κ1) is 18.0. The van der Waals surface area contributed by atoms with E-state index in [0.29, 0.717) is 17.8 Å². The Hall–Kier alpha value is -2.34. The fourth-order valence-electron chi connectivity index (χ4n) is 2.38. The van der Waals surface area contributed by atoms with Crippen LogP contribution in [0.25, 0.3) is 0 Å². The van der Waals surface area contributed by atoms with Crippen molar-refractivity contribution in [2.45, 2.75) is 20.4 Å². The summed E-state index contributed by atoms with van der Waals surface area (Å²) >= 11 is 0. The Bertz CT molecular complexity index is 814. The SMILES string of the molecule is CCNC(=O)c1ccc(N(Cc2ccccc2C)S(C)(=O)=O)cc1. The number of sulfonamides is 1. The predicted molar refractivity (Wildman–Crippen MR) is 96.7 cm³/mol. The van der Waals surface area contributed by atoms with Crippen molar-refractivity contribution in [3.05, 3.63) is 65.2 Å². The molecular weight excluding hydrogens is 324 g/mol. The number of anilines is 1. The van der Waals surface area contributed by atoms with Gasteiger partial charge in [-0.05, 0) is 49.2 Å². The van der Waals surface area contributed by atoms with E-state index in [0.717, 1.165) is 11.1 Å². The Morgan fingerprint density at radius 3 is 2.25 bits per heavy atom. The maximum Gasteiger partial charge on any atom is 0.251 e. The third-order valence-corrected chi connectivity index (χ3v) is 4.87. The Labute approximate surface area is 143 Å². The van der Waals surface area contributed by atoms with Crippen molar-refractivity contribution in [2.24, 2.45) is 0 Å². The number of hydrogen-bond donors (Lipinski definition) is 1. The molecule has 0 radical (unpaired) electrons. The lowest BCUT2D eigenvalue weighted by molar-refractivity contribution is 0.0956. The summed E-state index contributed by atoms with van der Waals surface area (Å²) in [5, 5.41) is 2.72. The summed E-state index contributed by atoms with van der Waals surface area (Å²) in [7, 11) is -3.44. The van der Waals surface area contributed by atoms with Crippen LogP contribution in [0.5, 0.6) is 0 Å². The smallest absolute Gasteiger partial charge is 0.251 e. The number of amides is 1. The number of benzene rings is 2. The molecule has 0 saturated heterocycles. The first-order valence-corrected chi connectivity index (χ1v) is 9.58. The zero-order chi connectivity index (χ0) is 17.7. The van der Waals surface area contributed by atoms with Crippen LogP contribution in [-0.4, -0.2) is 27.1 Å². The van der Waals surface area contributed by atoms with Gasteiger partial charge in [0.15, 0.2) is 0 Å². The van der Waals surface area contributed by atoms with Crippen molar-refractivity contribution >= 4 is 21.6 Å². The standard InChI is InChI=1S/C18H22N2O3S/c1-4-19-18(21)15-9-11-17(12-10-15)20(24(3,22)23)13-16-8-6-5-7-14(16)2/h5-12H,4,13H2,1-3H3,(H,19,21). The van der Waals surface area contributed by atoms with E-state index in [-0.39, 0.29) is 12.5 Å². The topological polar surface area (TPSA) is 66.5 Å². The molecule has 0 heterocycles. The van der Waals surface area contributed by atoms with Crippen LogP contribution in [0.15, 0.2) is 48.5 Å². The van der Waals surface area contributed by atoms with Crippen molar-refractivity contribution < 1.29 is 13.2 Å². The van der Waals surface area contributed by atoms with Crippen LogP contribution in [0.1, 0.15) is 28.4 Å². The van der Waals surface area contributed by atoms with Crippen LogP contribution in [0, 0.1) is 6.92 Å². The minimum atomic E-state index is -3.44. The molecule has 0 bridgehead atoms. The van der Waals surface area contributed by atoms with Gasteiger partial charge < -0.3 is 5.32 Å². The van der Waals surface area contributed by atoms with Gasteiger partial charge in [0, 0.05) is 12.1 Å². The Morgan fingerprint density at radius 1 is 1.08 bits per heavy atom. The van der Waals surface area contributed by atoms with Crippen molar-refractivity contribution in [2.75, 3.05) is 17.1 Å². The molecule has 6 heteroatoms. The van der Waals surface area contributed by atoms with E-state index >= 15 is 0 Å². The lowest BCUT2D eigenvalue weighted by Crippen LogP contribution is -2.29. The molecule has 0 fully saturated rings. The highest BCUT2D eigenvalue weighted by Gasteiger charge is 2.19. The van der Waals surface area contributed by atoms with Gasteiger partial charge in [-0.15, -0.1) is 0 Å². The van der Waals surface area contributed by atoms with Crippen molar-refractivity contribution in [3.8, 4) is 0 Å². The predicted octanol–water partition coefficient (Wildman–Crippen LogP) is 2.71. The summed E-state index contributed by atoms with van der Waals surface area (Å²) in [6, 6.07) is 14.3. The molecule has 2 rings (SSSR count). The first-order chi connectivity index (χ1) is 11.3. The van der Waals surface area contributed by atoms with Gasteiger partial charge in [-0.2, -0.15) is 0 Å². The molecule has 0 saturated carbocycles. The van der Waals surface area contributed by atoms with Crippen LogP contribution in [0.3, 0.4) is 0 Å². The second-order valence-corrected chi connectivity index (χ2v) is 7.51. The van der Waals surface area contributed by atoms with Crippen molar-refractivity contribution in [1.29, 1.82) is 0 Å². The molecule has 2 aromatic carbocycles. The van der Waals surface area contributed by atoms with Gasteiger partial charge in [-0.1, -0.05) is 24.3 Å². The molecule has 0 unspecified atom stereocenters. The summed E-state index contributed by atoms with van der Waals surface area (Å²) in [6.07, 6.45) is 1.18. The Morgan fingerprint density at radius 2 is 1.71 bits per heavy atom. The van der Waals surface area contributed by atoms with Crippen LogP contribution in [-0.2, 0) is 16.6 Å². The fraction of sp³-hybridized carbons (Fsp3) is 0.278. The number of carbonyl (C=O) groups is 1. The van der Waals surface area contributed by atoms with E-state index in [9.17, 15) is 13.2 Å². The highest BCUT2D eigenvalue weighted by molar-refractivity contribution is 7.92. The molecule has 0 aliphatic heterocycles. The van der Waals surface area contributed by atoms with Crippen LogP contribution in [0.4, 0.5) is 5.69 Å². The van der Waals surface area contributed by atoms with Gasteiger partial charge in [0.2, 0.25) is 10.0 Å². The zero-order valence-electron chi connectivity index (χ0n) is 14.1. The van der Waals surface area contributed by atoms with E-state index in [1.807, 2.05) is 38.1 Å². The highest BCUT2D eigenvalue weighted by Crippen LogP contribution is 2.22. The fourth-order valence-corrected chi connectivity index (χ4v) is 3.26. The molecule has 24 heavy (non-hydrogen) atoms. The van der Waals surface area contributed by atoms with Gasteiger partial charge in [0.05, 0.1) is 18.5 Å². The van der Waals surface area contributed by atoms with Gasteiger partial charge in [0.1, 0.15) is 0 Å². The Kier molecular flexibility index (Phi) is 5.62. The second kappa shape index (κ2) is 7.49. The van der Waals surface area contributed by atoms with E-state index in [4.69, 9.17) is 0 Å². The number of carbonyl (C=O) groups excluding carboxylic acids is 1. The molecule has 0 spiro atoms. The van der Waals surface area contributed by atoms with E-state index in [1.54, 1.807) is 24.3 Å². The minimum Gasteiger partial charge on any atom is -0.352 e. The van der Waals surface area contributed by atoms with Crippen molar-refractivity contribution in [1.82, 2.24) is 5.32 Å². The summed E-state index contributed by atoms with van der Waals surface area (Å²) in [5.74, 6) is -0.172. The molecule has 0 aromatic heterocycles. The number of hydrogen-bond acceptors (Lipinski definition) is 3. The third kappa shape index (κ3) is 4.35. The molecular formula is C18H22N2O3S. The van der Waals surface area contributed by atoms with Gasteiger partial charge >= 0.3 is 0 Å². The molecule has 0 aliphatic carbocycles. The summed E-state index contributed by atoms with van der Waals surface area (Å²) in [4.78, 5) is 11.8. The molecule has 0 aliphatic rings. The second-order valence-electron chi connectivity index (χ2n) is 5.60.